The summed E-state index contributed by atoms with van der Waals surface area (Å²) < 4.78 is 0. The van der Waals surface area contributed by atoms with Gasteiger partial charge in [0, 0.05) is 12.1 Å². The zero-order valence-corrected chi connectivity index (χ0v) is 10.0. The minimum Gasteiger partial charge on any atom is -0.310 e. The molecule has 2 atom stereocenters. The molecule has 0 spiro atoms. The van der Waals surface area contributed by atoms with E-state index in [1.807, 2.05) is 0 Å². The van der Waals surface area contributed by atoms with Gasteiger partial charge in [0.15, 0.2) is 0 Å². The summed E-state index contributed by atoms with van der Waals surface area (Å²) in [7, 11) is 0. The van der Waals surface area contributed by atoms with Gasteiger partial charge in [-0.05, 0) is 56.3 Å². The van der Waals surface area contributed by atoms with Crippen LogP contribution >= 0.6 is 0 Å². The Hall–Kier alpha value is -0.0400. The Morgan fingerprint density at radius 1 is 0.867 bits per heavy atom. The number of hydrogen-bond acceptors (Lipinski definition) is 1. The van der Waals surface area contributed by atoms with E-state index in [9.17, 15) is 0 Å². The third kappa shape index (κ3) is 2.38. The maximum Gasteiger partial charge on any atom is 0.0126 e. The van der Waals surface area contributed by atoms with E-state index in [1.54, 1.807) is 0 Å². The monoisotopic (exact) mass is 207 g/mol. The maximum atomic E-state index is 4.03. The zero-order chi connectivity index (χ0) is 10.3. The number of nitrogens with one attached hydrogen (secondary N) is 1. The van der Waals surface area contributed by atoms with E-state index >= 15 is 0 Å². The second-order valence-electron chi connectivity index (χ2n) is 6.24. The van der Waals surface area contributed by atoms with Crippen LogP contribution in [0.1, 0.15) is 58.3 Å². The molecule has 1 nitrogen and oxygen atoms in total. The van der Waals surface area contributed by atoms with Gasteiger partial charge in [-0.2, -0.15) is 0 Å². The molecule has 3 fully saturated rings. The van der Waals surface area contributed by atoms with Crippen LogP contribution in [0.15, 0.2) is 0 Å². The summed E-state index contributed by atoms with van der Waals surface area (Å²) in [5, 5.41) is 4.03. The second-order valence-corrected chi connectivity index (χ2v) is 6.24. The lowest BCUT2D eigenvalue weighted by atomic mass is 9.85. The largest absolute Gasteiger partial charge is 0.310 e. The normalized spacial score (nSPS) is 37.2. The van der Waals surface area contributed by atoms with E-state index in [-0.39, 0.29) is 0 Å². The van der Waals surface area contributed by atoms with E-state index in [4.69, 9.17) is 0 Å². The van der Waals surface area contributed by atoms with Crippen molar-refractivity contribution in [3.63, 3.8) is 0 Å². The summed E-state index contributed by atoms with van der Waals surface area (Å²) >= 11 is 0. The van der Waals surface area contributed by atoms with Crippen molar-refractivity contribution >= 4 is 0 Å². The van der Waals surface area contributed by atoms with Crippen LogP contribution in [0.4, 0.5) is 0 Å². The Morgan fingerprint density at radius 2 is 1.47 bits per heavy atom. The molecular weight excluding hydrogens is 182 g/mol. The Morgan fingerprint density at radius 3 is 2.00 bits per heavy atom. The Kier molecular flexibility index (Phi) is 2.76. The number of hydrogen-bond donors (Lipinski definition) is 1. The molecule has 1 heteroatoms. The van der Waals surface area contributed by atoms with Gasteiger partial charge in [0.1, 0.15) is 0 Å². The van der Waals surface area contributed by atoms with Crippen LogP contribution in [-0.2, 0) is 0 Å². The minimum absolute atomic E-state index is 0.852. The van der Waals surface area contributed by atoms with Crippen LogP contribution in [0.25, 0.3) is 0 Å². The van der Waals surface area contributed by atoms with Gasteiger partial charge in [-0.1, -0.05) is 19.8 Å². The molecule has 15 heavy (non-hydrogen) atoms. The summed E-state index contributed by atoms with van der Waals surface area (Å²) in [5.74, 6) is 3.05. The van der Waals surface area contributed by atoms with Crippen molar-refractivity contribution < 1.29 is 0 Å². The van der Waals surface area contributed by atoms with Gasteiger partial charge >= 0.3 is 0 Å². The molecule has 3 rings (SSSR count). The zero-order valence-electron chi connectivity index (χ0n) is 10.0. The quantitative estimate of drug-likeness (QED) is 0.745. The van der Waals surface area contributed by atoms with Crippen LogP contribution < -0.4 is 5.32 Å². The first kappa shape index (κ1) is 10.1. The molecule has 0 aromatic rings. The van der Waals surface area contributed by atoms with Crippen molar-refractivity contribution in [3.05, 3.63) is 0 Å². The molecule has 0 aromatic carbocycles. The third-order valence-electron chi connectivity index (χ3n) is 4.78. The summed E-state index contributed by atoms with van der Waals surface area (Å²) in [6, 6.07) is 1.76. The maximum absolute atomic E-state index is 4.03. The molecule has 2 unspecified atom stereocenters. The second kappa shape index (κ2) is 4.08. The van der Waals surface area contributed by atoms with Gasteiger partial charge in [0.05, 0.1) is 0 Å². The minimum atomic E-state index is 0.852. The highest BCUT2D eigenvalue weighted by molar-refractivity contribution is 4.98. The summed E-state index contributed by atoms with van der Waals surface area (Å²) in [6.07, 6.45) is 11.9. The first-order chi connectivity index (χ1) is 7.34. The number of rotatable bonds is 4. The molecule has 0 amide bonds. The molecule has 0 saturated heterocycles. The molecule has 3 saturated carbocycles. The first-order valence-corrected chi connectivity index (χ1v) is 7.10. The Bertz CT molecular complexity index is 205. The van der Waals surface area contributed by atoms with Crippen LogP contribution in [0.5, 0.6) is 0 Å². The van der Waals surface area contributed by atoms with Crippen molar-refractivity contribution in [3.8, 4) is 0 Å². The molecule has 0 aliphatic heterocycles. The van der Waals surface area contributed by atoms with Crippen molar-refractivity contribution in [2.24, 2.45) is 17.8 Å². The highest BCUT2D eigenvalue weighted by atomic mass is 15.0. The SMILES string of the molecule is CC1CCCCC1NC(C1CC1)C1CC1. The van der Waals surface area contributed by atoms with Gasteiger partial charge in [-0.15, -0.1) is 0 Å². The Labute approximate surface area is 94.0 Å². The van der Waals surface area contributed by atoms with Crippen LogP contribution in [0.3, 0.4) is 0 Å². The van der Waals surface area contributed by atoms with Crippen molar-refractivity contribution in [1.29, 1.82) is 0 Å². The fraction of sp³-hybridized carbons (Fsp3) is 1.00. The molecular formula is C14H25N. The molecule has 0 heterocycles. The molecule has 3 aliphatic rings. The molecule has 0 aromatic heterocycles. The molecule has 86 valence electrons. The van der Waals surface area contributed by atoms with Gasteiger partial charge in [-0.25, -0.2) is 0 Å². The van der Waals surface area contributed by atoms with E-state index in [0.717, 1.165) is 29.8 Å². The summed E-state index contributed by atoms with van der Waals surface area (Å²) in [5.41, 5.74) is 0. The average Bonchev–Trinajstić information content (AvgIpc) is 3.10. The van der Waals surface area contributed by atoms with Crippen LogP contribution in [0.2, 0.25) is 0 Å². The van der Waals surface area contributed by atoms with E-state index in [2.05, 4.69) is 12.2 Å². The fourth-order valence-electron chi connectivity index (χ4n) is 3.38. The predicted molar refractivity (Wildman–Crippen MR) is 63.8 cm³/mol. The van der Waals surface area contributed by atoms with E-state index in [1.165, 1.54) is 51.4 Å². The van der Waals surface area contributed by atoms with Crippen molar-refractivity contribution in [2.75, 3.05) is 0 Å². The highest BCUT2D eigenvalue weighted by Crippen LogP contribution is 2.45. The van der Waals surface area contributed by atoms with E-state index < -0.39 is 0 Å². The van der Waals surface area contributed by atoms with Gasteiger partial charge in [-0.3, -0.25) is 0 Å². The fourth-order valence-corrected chi connectivity index (χ4v) is 3.38. The lowest BCUT2D eigenvalue weighted by molar-refractivity contribution is 0.238. The van der Waals surface area contributed by atoms with Gasteiger partial charge < -0.3 is 5.32 Å². The summed E-state index contributed by atoms with van der Waals surface area (Å²) in [6.45, 7) is 2.45. The highest BCUT2D eigenvalue weighted by Gasteiger charge is 2.42. The van der Waals surface area contributed by atoms with Crippen LogP contribution in [-0.4, -0.2) is 12.1 Å². The average molecular weight is 207 g/mol. The van der Waals surface area contributed by atoms with Gasteiger partial charge in [0.2, 0.25) is 0 Å². The predicted octanol–water partition coefficient (Wildman–Crippen LogP) is 3.34. The summed E-state index contributed by atoms with van der Waals surface area (Å²) in [4.78, 5) is 0. The topological polar surface area (TPSA) is 12.0 Å². The molecule has 0 radical (unpaired) electrons. The first-order valence-electron chi connectivity index (χ1n) is 7.10. The lowest BCUT2D eigenvalue weighted by Gasteiger charge is -2.33. The standard InChI is InChI=1S/C14H25N/c1-10-4-2-3-5-13(10)15-14(11-6-7-11)12-8-9-12/h10-15H,2-9H2,1H3. The van der Waals surface area contributed by atoms with E-state index in [0.29, 0.717) is 0 Å². The smallest absolute Gasteiger partial charge is 0.0126 e. The third-order valence-corrected chi connectivity index (χ3v) is 4.78. The van der Waals surface area contributed by atoms with Crippen molar-refractivity contribution in [2.45, 2.75) is 70.4 Å². The van der Waals surface area contributed by atoms with Crippen LogP contribution in [0, 0.1) is 17.8 Å². The van der Waals surface area contributed by atoms with Crippen molar-refractivity contribution in [1.82, 2.24) is 5.32 Å². The Balaban J connectivity index is 1.56. The molecule has 0 bridgehead atoms. The molecule has 3 aliphatic carbocycles. The lowest BCUT2D eigenvalue weighted by Crippen LogP contribution is -2.45. The van der Waals surface area contributed by atoms with Gasteiger partial charge in [0.25, 0.3) is 0 Å². The molecule has 1 N–H and O–H groups in total.